The van der Waals surface area contributed by atoms with E-state index in [2.05, 4.69) is 4.99 Å². The van der Waals surface area contributed by atoms with Gasteiger partial charge in [0, 0.05) is 5.56 Å². The fourth-order valence-electron chi connectivity index (χ4n) is 4.37. The summed E-state index contributed by atoms with van der Waals surface area (Å²) in [5.41, 5.74) is 3.24. The molecule has 2 atom stereocenters. The van der Waals surface area contributed by atoms with Crippen LogP contribution in [0.15, 0.2) is 75.2 Å². The molecule has 0 radical (unpaired) electrons. The van der Waals surface area contributed by atoms with Crippen molar-refractivity contribution in [2.75, 3.05) is 14.2 Å². The average molecular weight is 489 g/mol. The minimum absolute atomic E-state index is 0.215. The van der Waals surface area contributed by atoms with Crippen molar-refractivity contribution in [3.63, 3.8) is 0 Å². The van der Waals surface area contributed by atoms with E-state index < -0.39 is 12.0 Å². The van der Waals surface area contributed by atoms with Gasteiger partial charge >= 0.3 is 5.97 Å². The van der Waals surface area contributed by atoms with Gasteiger partial charge in [-0.1, -0.05) is 41.7 Å². The molecular weight excluding hydrogens is 464 g/mol. The number of hydrogen-bond donors (Lipinski definition) is 0. The maximum atomic E-state index is 13.7. The topological polar surface area (TPSA) is 79.1 Å². The first-order valence-electron chi connectivity index (χ1n) is 11.1. The predicted molar refractivity (Wildman–Crippen MR) is 134 cm³/mol. The number of para-hydroxylation sites is 1. The highest BCUT2D eigenvalue weighted by atomic mass is 32.1. The Balaban J connectivity index is 1.69. The Morgan fingerprint density at radius 1 is 1.14 bits per heavy atom. The Hall–Kier alpha value is -3.91. The predicted octanol–water partition coefficient (Wildman–Crippen LogP) is 3.23. The van der Waals surface area contributed by atoms with Crippen LogP contribution in [0, 0.1) is 0 Å². The second-order valence-corrected chi connectivity index (χ2v) is 9.30. The summed E-state index contributed by atoms with van der Waals surface area (Å²) in [7, 11) is 2.92. The Bertz CT molecular complexity index is 1560. The van der Waals surface area contributed by atoms with Crippen LogP contribution in [0.3, 0.4) is 0 Å². The lowest BCUT2D eigenvalue weighted by Crippen LogP contribution is -2.40. The van der Waals surface area contributed by atoms with Gasteiger partial charge < -0.3 is 14.2 Å². The van der Waals surface area contributed by atoms with Crippen molar-refractivity contribution in [1.29, 1.82) is 0 Å². The molecule has 35 heavy (non-hydrogen) atoms. The first-order chi connectivity index (χ1) is 16.9. The maximum Gasteiger partial charge on any atom is 0.338 e. The van der Waals surface area contributed by atoms with Gasteiger partial charge in [-0.3, -0.25) is 9.36 Å². The number of carbonyl (C=O) groups excluding carboxylic acids is 1. The summed E-state index contributed by atoms with van der Waals surface area (Å²) in [6.45, 7) is 3.71. The lowest BCUT2D eigenvalue weighted by Gasteiger charge is -2.24. The first kappa shape index (κ1) is 22.9. The van der Waals surface area contributed by atoms with Crippen molar-refractivity contribution in [3.8, 4) is 11.5 Å². The molecule has 0 unspecified atom stereocenters. The monoisotopic (exact) mass is 488 g/mol. The number of carbonyl (C=O) groups is 1. The highest BCUT2D eigenvalue weighted by molar-refractivity contribution is 7.07. The van der Waals surface area contributed by atoms with Crippen molar-refractivity contribution in [2.24, 2.45) is 4.99 Å². The lowest BCUT2D eigenvalue weighted by atomic mass is 9.96. The van der Waals surface area contributed by atoms with Gasteiger partial charge in [-0.15, -0.1) is 0 Å². The minimum atomic E-state index is -0.665. The third-order valence-electron chi connectivity index (χ3n) is 6.17. The van der Waals surface area contributed by atoms with Gasteiger partial charge in [0.2, 0.25) is 0 Å². The summed E-state index contributed by atoms with van der Waals surface area (Å²) in [4.78, 5) is 31.6. The van der Waals surface area contributed by atoms with E-state index in [9.17, 15) is 9.59 Å². The summed E-state index contributed by atoms with van der Waals surface area (Å²) in [5.74, 6) is 0.978. The molecule has 0 amide bonds. The molecule has 3 aromatic rings. The molecule has 0 saturated carbocycles. The molecule has 178 valence electrons. The van der Waals surface area contributed by atoms with Crippen LogP contribution >= 0.6 is 11.3 Å². The molecule has 0 spiro atoms. The van der Waals surface area contributed by atoms with E-state index in [-0.39, 0.29) is 11.7 Å². The number of hydrogen-bond acceptors (Lipinski definition) is 7. The normalized spacial score (nSPS) is 19.2. The zero-order chi connectivity index (χ0) is 24.7. The largest absolute Gasteiger partial charge is 0.497 e. The van der Waals surface area contributed by atoms with Crippen LogP contribution in [-0.4, -0.2) is 30.9 Å². The molecule has 0 N–H and O–H groups in total. The molecule has 0 bridgehead atoms. The van der Waals surface area contributed by atoms with Crippen molar-refractivity contribution in [1.82, 2.24) is 4.57 Å². The zero-order valence-electron chi connectivity index (χ0n) is 19.8. The molecule has 1 aromatic heterocycles. The molecule has 7 nitrogen and oxygen atoms in total. The van der Waals surface area contributed by atoms with Crippen molar-refractivity contribution in [3.05, 3.63) is 96.2 Å². The van der Waals surface area contributed by atoms with Crippen LogP contribution in [0.5, 0.6) is 11.5 Å². The number of ether oxygens (including phenoxy) is 3. The van der Waals surface area contributed by atoms with Gasteiger partial charge in [0.25, 0.3) is 5.56 Å². The molecule has 3 heterocycles. The van der Waals surface area contributed by atoms with Crippen LogP contribution in [-0.2, 0) is 9.53 Å². The maximum absolute atomic E-state index is 13.7. The van der Waals surface area contributed by atoms with E-state index in [1.807, 2.05) is 55.5 Å². The fourth-order valence-corrected chi connectivity index (χ4v) is 5.41. The SMILES string of the molecule is COC(=O)C1=C(C)N=c2s/c(=C\C3=Cc4ccccc4O[C@@H]3C)c(=O)n2[C@H]1c1ccc(OC)cc1. The standard InChI is InChI=1S/C27H24N2O5S/c1-15-23(26(31)33-4)24(17-9-11-20(32-3)12-10-17)29-25(30)22(35-27(29)28-15)14-19-13-18-7-5-6-8-21(18)34-16(19)2/h5-14,16,24H,1-4H3/b22-14-/t16-,24+/m1/s1. The van der Waals surface area contributed by atoms with Crippen LogP contribution < -0.4 is 24.4 Å². The second-order valence-electron chi connectivity index (χ2n) is 8.29. The second kappa shape index (κ2) is 9.03. The zero-order valence-corrected chi connectivity index (χ0v) is 20.6. The van der Waals surface area contributed by atoms with Crippen molar-refractivity contribution < 1.29 is 19.0 Å². The van der Waals surface area contributed by atoms with E-state index in [0.29, 0.717) is 26.4 Å². The molecule has 8 heteroatoms. The number of esters is 1. The molecule has 2 aliphatic rings. The molecule has 0 saturated heterocycles. The number of allylic oxidation sites excluding steroid dienone is 1. The van der Waals surface area contributed by atoms with Crippen LogP contribution in [0.2, 0.25) is 0 Å². The highest BCUT2D eigenvalue weighted by Gasteiger charge is 2.33. The molecule has 2 aromatic carbocycles. The molecular formula is C27H24N2O5S. The number of nitrogens with zero attached hydrogens (tertiary/aromatic N) is 2. The van der Waals surface area contributed by atoms with Gasteiger partial charge in [0.1, 0.15) is 17.6 Å². The lowest BCUT2D eigenvalue weighted by molar-refractivity contribution is -0.136. The number of benzene rings is 2. The Labute approximate surface area is 205 Å². The summed E-state index contributed by atoms with van der Waals surface area (Å²) in [6, 6.07) is 14.4. The molecule has 2 aliphatic heterocycles. The third kappa shape index (κ3) is 4.00. The van der Waals surface area contributed by atoms with Crippen molar-refractivity contribution in [2.45, 2.75) is 26.0 Å². The van der Waals surface area contributed by atoms with Crippen molar-refractivity contribution >= 4 is 29.5 Å². The smallest absolute Gasteiger partial charge is 0.338 e. The number of aromatic nitrogens is 1. The average Bonchev–Trinajstić information content (AvgIpc) is 3.17. The highest BCUT2D eigenvalue weighted by Crippen LogP contribution is 2.32. The Morgan fingerprint density at radius 3 is 2.60 bits per heavy atom. The number of fused-ring (bicyclic) bond motifs is 2. The van der Waals surface area contributed by atoms with Gasteiger partial charge in [-0.2, -0.15) is 0 Å². The Kier molecular flexibility index (Phi) is 5.90. The molecule has 0 aliphatic carbocycles. The summed E-state index contributed by atoms with van der Waals surface area (Å²) >= 11 is 1.29. The van der Waals surface area contributed by atoms with Crippen LogP contribution in [0.1, 0.15) is 31.0 Å². The van der Waals surface area contributed by atoms with Crippen LogP contribution in [0.4, 0.5) is 0 Å². The Morgan fingerprint density at radius 2 is 1.89 bits per heavy atom. The van der Waals surface area contributed by atoms with Gasteiger partial charge in [-0.05, 0) is 55.3 Å². The third-order valence-corrected chi connectivity index (χ3v) is 7.15. The summed E-state index contributed by atoms with van der Waals surface area (Å²) in [6.07, 6.45) is 3.67. The molecule has 5 rings (SSSR count). The van der Waals surface area contributed by atoms with E-state index in [1.165, 1.54) is 18.4 Å². The quantitative estimate of drug-likeness (QED) is 0.527. The minimum Gasteiger partial charge on any atom is -0.497 e. The van der Waals surface area contributed by atoms with E-state index in [4.69, 9.17) is 14.2 Å². The number of methoxy groups -OCH3 is 2. The van der Waals surface area contributed by atoms with E-state index in [0.717, 1.165) is 22.4 Å². The van der Waals surface area contributed by atoms with E-state index in [1.54, 1.807) is 30.7 Å². The van der Waals surface area contributed by atoms with Gasteiger partial charge in [-0.25, -0.2) is 9.79 Å². The van der Waals surface area contributed by atoms with Gasteiger partial charge in [0.05, 0.1) is 36.1 Å². The van der Waals surface area contributed by atoms with Gasteiger partial charge in [0.15, 0.2) is 4.80 Å². The summed E-state index contributed by atoms with van der Waals surface area (Å²) < 4.78 is 18.5. The van der Waals surface area contributed by atoms with E-state index >= 15 is 0 Å². The fraction of sp³-hybridized carbons (Fsp3) is 0.222. The molecule has 0 fully saturated rings. The van der Waals surface area contributed by atoms with Crippen LogP contribution in [0.25, 0.3) is 12.2 Å². The number of thiazole rings is 1. The number of rotatable bonds is 4. The summed E-state index contributed by atoms with van der Waals surface area (Å²) in [5, 5.41) is 0. The first-order valence-corrected chi connectivity index (χ1v) is 11.9.